The van der Waals surface area contributed by atoms with Crippen molar-refractivity contribution in [1.29, 1.82) is 0 Å². The third-order valence-corrected chi connectivity index (χ3v) is 5.04. The monoisotopic (exact) mass is 355 g/mol. The molecule has 1 atom stereocenters. The molecule has 1 aliphatic heterocycles. The highest BCUT2D eigenvalue weighted by Crippen LogP contribution is 2.26. The molecule has 1 aliphatic rings. The molecule has 3 heterocycles. The van der Waals surface area contributed by atoms with Gasteiger partial charge in [0.15, 0.2) is 0 Å². The van der Waals surface area contributed by atoms with Crippen LogP contribution in [-0.4, -0.2) is 44.1 Å². The minimum Gasteiger partial charge on any atom is -0.342 e. The zero-order valence-corrected chi connectivity index (χ0v) is 16.5. The summed E-state index contributed by atoms with van der Waals surface area (Å²) in [6.45, 7) is 11.6. The highest BCUT2D eigenvalue weighted by Gasteiger charge is 2.31. The molecule has 6 nitrogen and oxygen atoms in total. The Kier molecular flexibility index (Phi) is 5.12. The lowest BCUT2D eigenvalue weighted by molar-refractivity contribution is -0.141. The van der Waals surface area contributed by atoms with E-state index >= 15 is 0 Å². The summed E-state index contributed by atoms with van der Waals surface area (Å²) < 4.78 is 0. The van der Waals surface area contributed by atoms with Gasteiger partial charge in [-0.05, 0) is 39.0 Å². The predicted molar refractivity (Wildman–Crippen MR) is 102 cm³/mol. The quantitative estimate of drug-likeness (QED) is 0.916. The number of carbonyl (C=O) groups excluding carboxylic acids is 1. The van der Waals surface area contributed by atoms with Gasteiger partial charge in [0.1, 0.15) is 0 Å². The standard InChI is InChI=1S/C20H29N5O/c1-13-18(14(2)24-23-13)17-11-21-16(10-22-17)9-15-7-6-8-25(12-15)19(26)20(3,4)5/h10-11,15H,6-9,12H2,1-5H3,(H,23,24). The fourth-order valence-electron chi connectivity index (χ4n) is 3.70. The highest BCUT2D eigenvalue weighted by molar-refractivity contribution is 5.81. The molecule has 0 saturated carbocycles. The molecule has 0 bridgehead atoms. The second-order valence-corrected chi connectivity index (χ2v) is 8.42. The Morgan fingerprint density at radius 3 is 2.62 bits per heavy atom. The summed E-state index contributed by atoms with van der Waals surface area (Å²) in [7, 11) is 0. The minimum atomic E-state index is -0.316. The Bertz CT molecular complexity index is 753. The van der Waals surface area contributed by atoms with Gasteiger partial charge in [-0.1, -0.05) is 20.8 Å². The summed E-state index contributed by atoms with van der Waals surface area (Å²) in [6, 6.07) is 0. The average Bonchev–Trinajstić information content (AvgIpc) is 2.93. The van der Waals surface area contributed by atoms with E-state index in [4.69, 9.17) is 0 Å². The van der Waals surface area contributed by atoms with Crippen LogP contribution < -0.4 is 0 Å². The van der Waals surface area contributed by atoms with Gasteiger partial charge in [-0.3, -0.25) is 19.9 Å². The number of amides is 1. The Balaban J connectivity index is 1.67. The van der Waals surface area contributed by atoms with E-state index in [-0.39, 0.29) is 11.3 Å². The number of hydrogen-bond donors (Lipinski definition) is 1. The average molecular weight is 355 g/mol. The minimum absolute atomic E-state index is 0.245. The van der Waals surface area contributed by atoms with Crippen LogP contribution in [0.15, 0.2) is 12.4 Å². The van der Waals surface area contributed by atoms with E-state index in [1.807, 2.05) is 51.9 Å². The van der Waals surface area contributed by atoms with Crippen LogP contribution in [0.1, 0.15) is 50.7 Å². The van der Waals surface area contributed by atoms with Gasteiger partial charge in [0.25, 0.3) is 0 Å². The molecule has 2 aromatic rings. The number of aromatic amines is 1. The van der Waals surface area contributed by atoms with Gasteiger partial charge < -0.3 is 4.90 Å². The second kappa shape index (κ2) is 7.17. The smallest absolute Gasteiger partial charge is 0.227 e. The predicted octanol–water partition coefficient (Wildman–Crippen LogP) is 3.31. The van der Waals surface area contributed by atoms with Crippen molar-refractivity contribution in [1.82, 2.24) is 25.1 Å². The number of nitrogens with zero attached hydrogens (tertiary/aromatic N) is 4. The lowest BCUT2D eigenvalue weighted by atomic mass is 9.89. The molecular formula is C20H29N5O. The van der Waals surface area contributed by atoms with Crippen LogP contribution in [0.2, 0.25) is 0 Å². The van der Waals surface area contributed by atoms with E-state index in [0.717, 1.165) is 60.7 Å². The second-order valence-electron chi connectivity index (χ2n) is 8.42. The van der Waals surface area contributed by atoms with Crippen LogP contribution in [-0.2, 0) is 11.2 Å². The fourth-order valence-corrected chi connectivity index (χ4v) is 3.70. The molecule has 0 aliphatic carbocycles. The van der Waals surface area contributed by atoms with Crippen LogP contribution >= 0.6 is 0 Å². The maximum atomic E-state index is 12.5. The molecule has 6 heteroatoms. The normalized spacial score (nSPS) is 18.2. The molecule has 1 amide bonds. The van der Waals surface area contributed by atoms with Crippen molar-refractivity contribution in [2.45, 2.75) is 53.9 Å². The van der Waals surface area contributed by atoms with Crippen molar-refractivity contribution in [3.8, 4) is 11.3 Å². The number of hydrogen-bond acceptors (Lipinski definition) is 4. The van der Waals surface area contributed by atoms with E-state index in [2.05, 4.69) is 20.2 Å². The molecule has 26 heavy (non-hydrogen) atoms. The zero-order valence-electron chi connectivity index (χ0n) is 16.5. The van der Waals surface area contributed by atoms with Gasteiger partial charge in [-0.2, -0.15) is 5.10 Å². The number of aromatic nitrogens is 4. The molecule has 0 radical (unpaired) electrons. The van der Waals surface area contributed by atoms with Crippen LogP contribution in [0.3, 0.4) is 0 Å². The van der Waals surface area contributed by atoms with Crippen LogP contribution in [0.5, 0.6) is 0 Å². The summed E-state index contributed by atoms with van der Waals surface area (Å²) in [5, 5.41) is 7.21. The molecule has 0 aromatic carbocycles. The number of piperidine rings is 1. The van der Waals surface area contributed by atoms with Gasteiger partial charge in [0.2, 0.25) is 5.91 Å². The summed E-state index contributed by atoms with van der Waals surface area (Å²) in [6.07, 6.45) is 6.76. The summed E-state index contributed by atoms with van der Waals surface area (Å²) >= 11 is 0. The van der Waals surface area contributed by atoms with Gasteiger partial charge in [-0.15, -0.1) is 0 Å². The lowest BCUT2D eigenvalue weighted by Gasteiger charge is -2.36. The first-order valence-electron chi connectivity index (χ1n) is 9.38. The first-order chi connectivity index (χ1) is 12.3. The number of H-pyrrole nitrogens is 1. The van der Waals surface area contributed by atoms with Crippen LogP contribution in [0, 0.1) is 25.2 Å². The van der Waals surface area contributed by atoms with Gasteiger partial charge >= 0.3 is 0 Å². The van der Waals surface area contributed by atoms with Crippen LogP contribution in [0.4, 0.5) is 0 Å². The van der Waals surface area contributed by atoms with E-state index in [9.17, 15) is 4.79 Å². The Hall–Kier alpha value is -2.24. The molecule has 0 spiro atoms. The molecular weight excluding hydrogens is 326 g/mol. The van der Waals surface area contributed by atoms with Gasteiger partial charge in [0, 0.05) is 36.0 Å². The maximum Gasteiger partial charge on any atom is 0.227 e. The summed E-state index contributed by atoms with van der Waals surface area (Å²) in [5.41, 5.74) is 4.50. The Morgan fingerprint density at radius 2 is 2.04 bits per heavy atom. The summed E-state index contributed by atoms with van der Waals surface area (Å²) in [4.78, 5) is 23.8. The van der Waals surface area contributed by atoms with E-state index in [0.29, 0.717) is 5.92 Å². The van der Waals surface area contributed by atoms with Crippen molar-refractivity contribution in [2.24, 2.45) is 11.3 Å². The van der Waals surface area contributed by atoms with E-state index < -0.39 is 0 Å². The molecule has 1 unspecified atom stereocenters. The SMILES string of the molecule is Cc1n[nH]c(C)c1-c1cnc(CC2CCCN(C(=O)C(C)(C)C)C2)cn1. The number of carbonyl (C=O) groups is 1. The number of nitrogens with one attached hydrogen (secondary N) is 1. The largest absolute Gasteiger partial charge is 0.342 e. The first-order valence-corrected chi connectivity index (χ1v) is 9.38. The lowest BCUT2D eigenvalue weighted by Crippen LogP contribution is -2.45. The van der Waals surface area contributed by atoms with Crippen molar-refractivity contribution >= 4 is 5.91 Å². The fraction of sp³-hybridized carbons (Fsp3) is 0.600. The number of aryl methyl sites for hydroxylation is 2. The Morgan fingerprint density at radius 1 is 1.27 bits per heavy atom. The highest BCUT2D eigenvalue weighted by atomic mass is 16.2. The van der Waals surface area contributed by atoms with Crippen molar-refractivity contribution in [3.05, 3.63) is 29.5 Å². The van der Waals surface area contributed by atoms with E-state index in [1.165, 1.54) is 0 Å². The van der Waals surface area contributed by atoms with Crippen molar-refractivity contribution in [2.75, 3.05) is 13.1 Å². The van der Waals surface area contributed by atoms with Gasteiger partial charge in [-0.25, -0.2) is 0 Å². The molecule has 1 fully saturated rings. The Labute approximate surface area is 155 Å². The molecule has 1 N–H and O–H groups in total. The molecule has 140 valence electrons. The third-order valence-electron chi connectivity index (χ3n) is 5.04. The third kappa shape index (κ3) is 3.94. The number of likely N-dealkylation sites (tertiary alicyclic amines) is 1. The zero-order chi connectivity index (χ0) is 18.9. The van der Waals surface area contributed by atoms with Crippen molar-refractivity contribution < 1.29 is 4.79 Å². The first kappa shape index (κ1) is 18.5. The topological polar surface area (TPSA) is 74.8 Å². The van der Waals surface area contributed by atoms with Crippen molar-refractivity contribution in [3.63, 3.8) is 0 Å². The number of rotatable bonds is 3. The summed E-state index contributed by atoms with van der Waals surface area (Å²) in [5.74, 6) is 0.696. The molecule has 1 saturated heterocycles. The molecule has 3 rings (SSSR count). The van der Waals surface area contributed by atoms with E-state index in [1.54, 1.807) is 0 Å². The van der Waals surface area contributed by atoms with Crippen LogP contribution in [0.25, 0.3) is 11.3 Å². The van der Waals surface area contributed by atoms with Gasteiger partial charge in [0.05, 0.1) is 23.3 Å². The molecule has 2 aromatic heterocycles. The maximum absolute atomic E-state index is 12.5.